The average Bonchev–Trinajstić information content (AvgIpc) is 2.44. The number of hydrogen-bond acceptors (Lipinski definition) is 6. The number of carbonyl (C=O) groups excluding carboxylic acids is 1. The van der Waals surface area contributed by atoms with E-state index in [0.717, 1.165) is 39.1 Å². The highest BCUT2D eigenvalue weighted by atomic mass is 32.2. The Hall–Kier alpha value is -0.700. The second-order valence-corrected chi connectivity index (χ2v) is 6.76. The molecule has 0 amide bonds. The average molecular weight is 307 g/mol. The number of hydrogen-bond donors (Lipinski definition) is 2. The largest absolute Gasteiger partial charge is 0.469 e. The monoisotopic (exact) mass is 307 g/mol. The fraction of sp³-hybridized carbons (Fsp3) is 0.917. The molecule has 1 heterocycles. The van der Waals surface area contributed by atoms with Gasteiger partial charge < -0.3 is 15.0 Å². The first kappa shape index (κ1) is 17.4. The third-order valence-corrected chi connectivity index (χ3v) is 4.67. The zero-order valence-electron chi connectivity index (χ0n) is 12.1. The van der Waals surface area contributed by atoms with Crippen molar-refractivity contribution in [3.8, 4) is 0 Å². The van der Waals surface area contributed by atoms with E-state index in [9.17, 15) is 13.2 Å². The maximum atomic E-state index is 11.7. The molecule has 7 nitrogen and oxygen atoms in total. The molecule has 1 fully saturated rings. The van der Waals surface area contributed by atoms with Gasteiger partial charge in [0, 0.05) is 39.1 Å². The molecule has 0 unspecified atom stereocenters. The van der Waals surface area contributed by atoms with E-state index < -0.39 is 10.0 Å². The van der Waals surface area contributed by atoms with Gasteiger partial charge in [-0.3, -0.25) is 4.79 Å². The van der Waals surface area contributed by atoms with E-state index in [1.165, 1.54) is 7.11 Å². The number of rotatable bonds is 9. The van der Waals surface area contributed by atoms with Gasteiger partial charge in [-0.15, -0.1) is 0 Å². The van der Waals surface area contributed by atoms with Crippen LogP contribution in [0, 0.1) is 0 Å². The second kappa shape index (κ2) is 9.28. The lowest BCUT2D eigenvalue weighted by Gasteiger charge is -2.27. The molecular formula is C12H25N3O4S. The van der Waals surface area contributed by atoms with Crippen LogP contribution in [0.15, 0.2) is 0 Å². The fourth-order valence-electron chi connectivity index (χ4n) is 2.05. The van der Waals surface area contributed by atoms with Crippen LogP contribution in [0.3, 0.4) is 0 Å². The van der Waals surface area contributed by atoms with E-state index in [2.05, 4.69) is 19.7 Å². The minimum Gasteiger partial charge on any atom is -0.469 e. The SMILES string of the molecule is COC(=O)CCCS(=O)(=O)NCCCN1CCNCC1. The third-order valence-electron chi connectivity index (χ3n) is 3.20. The molecule has 0 aromatic carbocycles. The second-order valence-electron chi connectivity index (χ2n) is 4.84. The number of ether oxygens (including phenoxy) is 1. The van der Waals surface area contributed by atoms with Crippen molar-refractivity contribution >= 4 is 16.0 Å². The van der Waals surface area contributed by atoms with Crippen molar-refractivity contribution in [1.29, 1.82) is 0 Å². The van der Waals surface area contributed by atoms with Crippen molar-refractivity contribution in [3.05, 3.63) is 0 Å². The van der Waals surface area contributed by atoms with Gasteiger partial charge in [0.25, 0.3) is 0 Å². The van der Waals surface area contributed by atoms with E-state index in [0.29, 0.717) is 13.0 Å². The molecule has 8 heteroatoms. The minimum atomic E-state index is -3.28. The highest BCUT2D eigenvalue weighted by Gasteiger charge is 2.12. The summed E-state index contributed by atoms with van der Waals surface area (Å²) in [5.41, 5.74) is 0. The van der Waals surface area contributed by atoms with E-state index in [1.54, 1.807) is 0 Å². The summed E-state index contributed by atoms with van der Waals surface area (Å²) >= 11 is 0. The Balaban J connectivity index is 2.08. The van der Waals surface area contributed by atoms with Gasteiger partial charge in [0.15, 0.2) is 0 Å². The molecule has 118 valence electrons. The van der Waals surface area contributed by atoms with E-state index in [-0.39, 0.29) is 18.1 Å². The van der Waals surface area contributed by atoms with Crippen molar-refractivity contribution in [2.75, 3.05) is 52.1 Å². The summed E-state index contributed by atoms with van der Waals surface area (Å²) in [6.45, 7) is 5.40. The molecule has 1 rings (SSSR count). The van der Waals surface area contributed by atoms with E-state index >= 15 is 0 Å². The van der Waals surface area contributed by atoms with Crippen molar-refractivity contribution in [3.63, 3.8) is 0 Å². The highest BCUT2D eigenvalue weighted by molar-refractivity contribution is 7.89. The normalized spacial score (nSPS) is 17.1. The maximum absolute atomic E-state index is 11.7. The van der Waals surface area contributed by atoms with Crippen molar-refractivity contribution in [2.45, 2.75) is 19.3 Å². The summed E-state index contributed by atoms with van der Waals surface area (Å²) in [5.74, 6) is -0.408. The van der Waals surface area contributed by atoms with Crippen molar-refractivity contribution < 1.29 is 17.9 Å². The number of methoxy groups -OCH3 is 1. The molecule has 2 N–H and O–H groups in total. The number of nitrogens with one attached hydrogen (secondary N) is 2. The fourth-order valence-corrected chi connectivity index (χ4v) is 3.17. The summed E-state index contributed by atoms with van der Waals surface area (Å²) in [5, 5.41) is 3.28. The van der Waals surface area contributed by atoms with Gasteiger partial charge in [0.2, 0.25) is 10.0 Å². The zero-order valence-corrected chi connectivity index (χ0v) is 12.9. The summed E-state index contributed by atoms with van der Waals surface area (Å²) in [6, 6.07) is 0. The van der Waals surface area contributed by atoms with Crippen LogP contribution in [0.2, 0.25) is 0 Å². The van der Waals surface area contributed by atoms with Gasteiger partial charge in [-0.2, -0.15) is 0 Å². The van der Waals surface area contributed by atoms with Gasteiger partial charge in [0.1, 0.15) is 0 Å². The van der Waals surface area contributed by atoms with Crippen LogP contribution in [0.25, 0.3) is 0 Å². The Labute approximate surface area is 121 Å². The summed E-state index contributed by atoms with van der Waals surface area (Å²) in [6.07, 6.45) is 1.23. The zero-order chi connectivity index (χ0) is 14.8. The van der Waals surface area contributed by atoms with E-state index in [1.807, 2.05) is 0 Å². The van der Waals surface area contributed by atoms with Crippen LogP contribution < -0.4 is 10.0 Å². The third kappa shape index (κ3) is 7.78. The molecule has 0 bridgehead atoms. The molecule has 1 aliphatic heterocycles. The van der Waals surface area contributed by atoms with Gasteiger partial charge in [-0.05, 0) is 19.4 Å². The Morgan fingerprint density at radius 3 is 2.65 bits per heavy atom. The molecule has 0 aliphatic carbocycles. The Kier molecular flexibility index (Phi) is 8.05. The van der Waals surface area contributed by atoms with Crippen LogP contribution in [-0.2, 0) is 19.6 Å². The minimum absolute atomic E-state index is 0.0320. The van der Waals surface area contributed by atoms with Crippen molar-refractivity contribution in [2.24, 2.45) is 0 Å². The number of esters is 1. The number of sulfonamides is 1. The predicted octanol–water partition coefficient (Wildman–Crippen LogP) is -0.846. The van der Waals surface area contributed by atoms with Crippen molar-refractivity contribution in [1.82, 2.24) is 14.9 Å². The number of nitrogens with zero attached hydrogens (tertiary/aromatic N) is 1. The topological polar surface area (TPSA) is 87.7 Å². The van der Waals surface area contributed by atoms with Crippen LogP contribution in [0.5, 0.6) is 0 Å². The first-order valence-corrected chi connectivity index (χ1v) is 8.66. The molecule has 0 aromatic heterocycles. The van der Waals surface area contributed by atoms with Gasteiger partial charge in [0.05, 0.1) is 12.9 Å². The molecule has 0 radical (unpaired) electrons. The summed E-state index contributed by atoms with van der Waals surface area (Å²) < 4.78 is 30.4. The van der Waals surface area contributed by atoms with Crippen LogP contribution >= 0.6 is 0 Å². The first-order valence-electron chi connectivity index (χ1n) is 7.01. The molecular weight excluding hydrogens is 282 g/mol. The van der Waals surface area contributed by atoms with Gasteiger partial charge in [-0.25, -0.2) is 13.1 Å². The number of piperazine rings is 1. The van der Waals surface area contributed by atoms with Crippen LogP contribution in [0.1, 0.15) is 19.3 Å². The molecule has 0 spiro atoms. The van der Waals surface area contributed by atoms with Crippen LogP contribution in [0.4, 0.5) is 0 Å². The molecule has 0 saturated carbocycles. The molecule has 1 saturated heterocycles. The highest BCUT2D eigenvalue weighted by Crippen LogP contribution is 1.98. The first-order chi connectivity index (χ1) is 9.53. The Morgan fingerprint density at radius 2 is 2.00 bits per heavy atom. The molecule has 20 heavy (non-hydrogen) atoms. The summed E-state index contributed by atoms with van der Waals surface area (Å²) in [7, 11) is -1.98. The van der Waals surface area contributed by atoms with Crippen LogP contribution in [-0.4, -0.2) is 71.4 Å². The molecule has 0 aromatic rings. The molecule has 1 aliphatic rings. The van der Waals surface area contributed by atoms with E-state index in [4.69, 9.17) is 0 Å². The Bertz CT molecular complexity index is 380. The Morgan fingerprint density at radius 1 is 1.30 bits per heavy atom. The lowest BCUT2D eigenvalue weighted by molar-refractivity contribution is -0.140. The number of carbonyl (C=O) groups is 1. The quantitative estimate of drug-likeness (QED) is 0.426. The standard InChI is InChI=1S/C12H25N3O4S/c1-19-12(16)4-2-11-20(17,18)14-5-3-8-15-9-6-13-7-10-15/h13-14H,2-11H2,1H3. The lowest BCUT2D eigenvalue weighted by atomic mass is 10.3. The smallest absolute Gasteiger partial charge is 0.305 e. The molecule has 0 atom stereocenters. The predicted molar refractivity (Wildman–Crippen MR) is 77.0 cm³/mol. The van der Waals surface area contributed by atoms with Gasteiger partial charge >= 0.3 is 5.97 Å². The van der Waals surface area contributed by atoms with Gasteiger partial charge in [-0.1, -0.05) is 0 Å². The lowest BCUT2D eigenvalue weighted by Crippen LogP contribution is -2.44. The maximum Gasteiger partial charge on any atom is 0.305 e. The summed E-state index contributed by atoms with van der Waals surface area (Å²) in [4.78, 5) is 13.2.